The van der Waals surface area contributed by atoms with Crippen LogP contribution in [0.5, 0.6) is 5.75 Å². The van der Waals surface area contributed by atoms with Gasteiger partial charge in [0.25, 0.3) is 0 Å². The molecular formula is C16H24N2O3. The second-order valence-corrected chi connectivity index (χ2v) is 5.34. The minimum atomic E-state index is -0.0700. The number of hydrogen-bond acceptors (Lipinski definition) is 3. The molecule has 1 fully saturated rings. The summed E-state index contributed by atoms with van der Waals surface area (Å²) in [6, 6.07) is 7.66. The highest BCUT2D eigenvalue weighted by Crippen LogP contribution is 2.18. The average Bonchev–Trinajstić information content (AvgIpc) is 2.54. The van der Waals surface area contributed by atoms with Gasteiger partial charge in [-0.05, 0) is 31.7 Å². The van der Waals surface area contributed by atoms with Crippen molar-refractivity contribution in [2.24, 2.45) is 5.92 Å². The minimum Gasteiger partial charge on any atom is -0.494 e. The second-order valence-electron chi connectivity index (χ2n) is 5.34. The molecule has 1 aromatic rings. The second kappa shape index (κ2) is 7.88. The lowest BCUT2D eigenvalue weighted by Crippen LogP contribution is -2.45. The molecule has 2 amide bonds. The molecule has 0 aliphatic carbocycles. The third-order valence-electron chi connectivity index (χ3n) is 3.77. The lowest BCUT2D eigenvalue weighted by Gasteiger charge is -2.31. The standard InChI is InChI=1S/C16H24N2O3/c1-2-21-15-8-4-3-7-14(15)10-17-16(20)18-9-5-6-13(11-18)12-19/h3-4,7-8,13,19H,2,5-6,9-12H2,1H3,(H,17,20). The van der Waals surface area contributed by atoms with E-state index in [1.807, 2.05) is 31.2 Å². The van der Waals surface area contributed by atoms with Gasteiger partial charge >= 0.3 is 6.03 Å². The van der Waals surface area contributed by atoms with Gasteiger partial charge in [-0.3, -0.25) is 0 Å². The first kappa shape index (κ1) is 15.6. The topological polar surface area (TPSA) is 61.8 Å². The van der Waals surface area contributed by atoms with Gasteiger partial charge in [0.1, 0.15) is 5.75 Å². The van der Waals surface area contributed by atoms with Gasteiger partial charge in [-0.2, -0.15) is 0 Å². The van der Waals surface area contributed by atoms with E-state index in [1.165, 1.54) is 0 Å². The molecule has 116 valence electrons. The van der Waals surface area contributed by atoms with E-state index in [9.17, 15) is 9.90 Å². The smallest absolute Gasteiger partial charge is 0.317 e. The summed E-state index contributed by atoms with van der Waals surface area (Å²) in [4.78, 5) is 14.0. The van der Waals surface area contributed by atoms with Crippen molar-refractivity contribution in [1.82, 2.24) is 10.2 Å². The number of urea groups is 1. The van der Waals surface area contributed by atoms with E-state index in [0.717, 1.165) is 30.7 Å². The summed E-state index contributed by atoms with van der Waals surface area (Å²) in [5.74, 6) is 1.02. The molecule has 0 bridgehead atoms. The molecule has 1 aliphatic heterocycles. The lowest BCUT2D eigenvalue weighted by atomic mass is 9.99. The monoisotopic (exact) mass is 292 g/mol. The Bertz CT molecular complexity index is 465. The maximum Gasteiger partial charge on any atom is 0.317 e. The summed E-state index contributed by atoms with van der Waals surface area (Å²) in [6.07, 6.45) is 1.95. The molecule has 1 heterocycles. The molecule has 1 atom stereocenters. The number of hydrogen-bond donors (Lipinski definition) is 2. The number of piperidine rings is 1. The predicted octanol–water partition coefficient (Wildman–Crippen LogP) is 2.00. The van der Waals surface area contributed by atoms with Crippen LogP contribution in [0.25, 0.3) is 0 Å². The van der Waals surface area contributed by atoms with Gasteiger partial charge < -0.3 is 20.1 Å². The van der Waals surface area contributed by atoms with E-state index in [1.54, 1.807) is 4.90 Å². The zero-order valence-corrected chi connectivity index (χ0v) is 12.5. The Balaban J connectivity index is 1.89. The molecule has 5 heteroatoms. The molecule has 0 aromatic heterocycles. The number of rotatable bonds is 5. The highest BCUT2D eigenvalue weighted by atomic mass is 16.5. The fourth-order valence-corrected chi connectivity index (χ4v) is 2.63. The van der Waals surface area contributed by atoms with E-state index in [0.29, 0.717) is 19.7 Å². The van der Waals surface area contributed by atoms with Crippen LogP contribution >= 0.6 is 0 Å². The number of carbonyl (C=O) groups excluding carboxylic acids is 1. The maximum atomic E-state index is 12.2. The maximum absolute atomic E-state index is 12.2. The molecule has 2 rings (SSSR count). The van der Waals surface area contributed by atoms with Crippen molar-refractivity contribution >= 4 is 6.03 Å². The zero-order chi connectivity index (χ0) is 15.1. The van der Waals surface area contributed by atoms with Crippen molar-refractivity contribution in [3.05, 3.63) is 29.8 Å². The highest BCUT2D eigenvalue weighted by Gasteiger charge is 2.22. The Morgan fingerprint density at radius 1 is 1.48 bits per heavy atom. The quantitative estimate of drug-likeness (QED) is 0.872. The van der Waals surface area contributed by atoms with Gasteiger partial charge in [0.05, 0.1) is 6.61 Å². The molecule has 1 saturated heterocycles. The van der Waals surface area contributed by atoms with Crippen molar-refractivity contribution in [3.63, 3.8) is 0 Å². The van der Waals surface area contributed by atoms with Crippen molar-refractivity contribution in [1.29, 1.82) is 0 Å². The van der Waals surface area contributed by atoms with Gasteiger partial charge in [0.15, 0.2) is 0 Å². The van der Waals surface area contributed by atoms with E-state index in [4.69, 9.17) is 4.74 Å². The van der Waals surface area contributed by atoms with E-state index in [-0.39, 0.29) is 18.6 Å². The number of aliphatic hydroxyl groups is 1. The summed E-state index contributed by atoms with van der Waals surface area (Å²) in [5, 5.41) is 12.2. The first-order valence-electron chi connectivity index (χ1n) is 7.59. The number of likely N-dealkylation sites (tertiary alicyclic amines) is 1. The number of benzene rings is 1. The Morgan fingerprint density at radius 2 is 2.29 bits per heavy atom. The van der Waals surface area contributed by atoms with Gasteiger partial charge in [0, 0.05) is 31.8 Å². The Morgan fingerprint density at radius 3 is 3.05 bits per heavy atom. The van der Waals surface area contributed by atoms with Crippen molar-refractivity contribution < 1.29 is 14.6 Å². The van der Waals surface area contributed by atoms with E-state index >= 15 is 0 Å². The van der Waals surface area contributed by atoms with Crippen LogP contribution in [-0.2, 0) is 6.54 Å². The molecule has 0 radical (unpaired) electrons. The number of para-hydroxylation sites is 1. The number of carbonyl (C=O) groups is 1. The Labute approximate surface area is 125 Å². The number of nitrogens with one attached hydrogen (secondary N) is 1. The molecule has 5 nitrogen and oxygen atoms in total. The van der Waals surface area contributed by atoms with Crippen LogP contribution in [0, 0.1) is 5.92 Å². The van der Waals surface area contributed by atoms with Crippen molar-refractivity contribution in [3.8, 4) is 5.75 Å². The van der Waals surface area contributed by atoms with Crippen LogP contribution in [0.2, 0.25) is 0 Å². The van der Waals surface area contributed by atoms with Crippen LogP contribution in [0.4, 0.5) is 4.79 Å². The van der Waals surface area contributed by atoms with E-state index < -0.39 is 0 Å². The lowest BCUT2D eigenvalue weighted by molar-refractivity contribution is 0.129. The first-order valence-corrected chi connectivity index (χ1v) is 7.59. The van der Waals surface area contributed by atoms with Crippen LogP contribution in [0.15, 0.2) is 24.3 Å². The molecule has 21 heavy (non-hydrogen) atoms. The summed E-state index contributed by atoms with van der Waals surface area (Å²) in [5.41, 5.74) is 0.975. The van der Waals surface area contributed by atoms with Gasteiger partial charge in [0.2, 0.25) is 0 Å². The first-order chi connectivity index (χ1) is 10.2. The normalized spacial score (nSPS) is 18.4. The number of nitrogens with zero attached hydrogens (tertiary/aromatic N) is 1. The van der Waals surface area contributed by atoms with Gasteiger partial charge in [-0.1, -0.05) is 18.2 Å². The third-order valence-corrected chi connectivity index (χ3v) is 3.77. The zero-order valence-electron chi connectivity index (χ0n) is 12.5. The predicted molar refractivity (Wildman–Crippen MR) is 81.2 cm³/mol. The molecule has 2 N–H and O–H groups in total. The largest absolute Gasteiger partial charge is 0.494 e. The molecular weight excluding hydrogens is 268 g/mol. The van der Waals surface area contributed by atoms with Crippen LogP contribution < -0.4 is 10.1 Å². The molecule has 0 saturated carbocycles. The SMILES string of the molecule is CCOc1ccccc1CNC(=O)N1CCCC(CO)C1. The number of aliphatic hydroxyl groups excluding tert-OH is 1. The third kappa shape index (κ3) is 4.36. The fourth-order valence-electron chi connectivity index (χ4n) is 2.63. The average molecular weight is 292 g/mol. The summed E-state index contributed by atoms with van der Waals surface area (Å²) in [6.45, 7) is 4.55. The minimum absolute atomic E-state index is 0.0700. The number of ether oxygens (including phenoxy) is 1. The van der Waals surface area contributed by atoms with E-state index in [2.05, 4.69) is 5.32 Å². The fraction of sp³-hybridized carbons (Fsp3) is 0.562. The molecule has 1 unspecified atom stereocenters. The van der Waals surface area contributed by atoms with Crippen molar-refractivity contribution in [2.45, 2.75) is 26.3 Å². The Kier molecular flexibility index (Phi) is 5.87. The summed E-state index contributed by atoms with van der Waals surface area (Å²) < 4.78 is 5.55. The van der Waals surface area contributed by atoms with Gasteiger partial charge in [-0.15, -0.1) is 0 Å². The van der Waals surface area contributed by atoms with Crippen LogP contribution in [-0.4, -0.2) is 42.3 Å². The molecule has 1 aliphatic rings. The highest BCUT2D eigenvalue weighted by molar-refractivity contribution is 5.74. The van der Waals surface area contributed by atoms with Crippen LogP contribution in [0.3, 0.4) is 0 Å². The number of amides is 2. The van der Waals surface area contributed by atoms with Crippen molar-refractivity contribution in [2.75, 3.05) is 26.3 Å². The Hall–Kier alpha value is -1.75. The molecule has 1 aromatic carbocycles. The molecule has 0 spiro atoms. The van der Waals surface area contributed by atoms with Gasteiger partial charge in [-0.25, -0.2) is 4.79 Å². The summed E-state index contributed by atoms with van der Waals surface area (Å²) >= 11 is 0. The summed E-state index contributed by atoms with van der Waals surface area (Å²) in [7, 11) is 0. The van der Waals surface area contributed by atoms with Crippen LogP contribution in [0.1, 0.15) is 25.3 Å².